The van der Waals surface area contributed by atoms with Crippen molar-refractivity contribution in [3.63, 3.8) is 0 Å². The number of nitrogens with zero attached hydrogens (tertiary/aromatic N) is 1. The first-order valence-corrected chi connectivity index (χ1v) is 6.70. The van der Waals surface area contributed by atoms with E-state index in [1.807, 2.05) is 37.4 Å². The molecule has 0 unspecified atom stereocenters. The van der Waals surface area contributed by atoms with E-state index in [1.54, 1.807) is 7.05 Å². The largest absolute Gasteiger partial charge is 0.490 e. The number of ether oxygens (including phenoxy) is 1. The summed E-state index contributed by atoms with van der Waals surface area (Å²) in [5, 5.41) is 6.47. The lowest BCUT2D eigenvalue weighted by Gasteiger charge is -2.51. The molecule has 2 N–H and O–H groups in total. The van der Waals surface area contributed by atoms with Crippen molar-refractivity contribution in [2.45, 2.75) is 32.4 Å². The number of aliphatic imine (C=N–C) groups is 1. The summed E-state index contributed by atoms with van der Waals surface area (Å²) < 4.78 is 6.04. The second-order valence-electron chi connectivity index (χ2n) is 5.50. The van der Waals surface area contributed by atoms with Crippen LogP contribution in [0, 0.1) is 5.41 Å². The average Bonchev–Trinajstić information content (AvgIpc) is 2.43. The van der Waals surface area contributed by atoms with Crippen molar-refractivity contribution in [3.8, 4) is 5.75 Å². The lowest BCUT2D eigenvalue weighted by atomic mass is 9.64. The Labute approximate surface area is 115 Å². The van der Waals surface area contributed by atoms with E-state index in [9.17, 15) is 0 Å². The molecule has 19 heavy (non-hydrogen) atoms. The first-order chi connectivity index (χ1) is 9.07. The molecule has 1 aliphatic carbocycles. The van der Waals surface area contributed by atoms with Crippen LogP contribution in [0.2, 0.25) is 0 Å². The smallest absolute Gasteiger partial charge is 0.190 e. The Kier molecular flexibility index (Phi) is 3.98. The Balaban J connectivity index is 1.94. The fraction of sp³-hybridized carbons (Fsp3) is 0.533. The minimum Gasteiger partial charge on any atom is -0.490 e. The third-order valence-corrected chi connectivity index (χ3v) is 3.97. The molecule has 2 rings (SSSR count). The molecule has 0 aliphatic heterocycles. The summed E-state index contributed by atoms with van der Waals surface area (Å²) in [6, 6.07) is 10.4. The van der Waals surface area contributed by atoms with Crippen LogP contribution in [-0.2, 0) is 0 Å². The minimum atomic E-state index is 0.0859. The van der Waals surface area contributed by atoms with Crippen LogP contribution in [0.4, 0.5) is 0 Å². The Morgan fingerprint density at radius 1 is 1.32 bits per heavy atom. The molecule has 1 fully saturated rings. The number of hydrogen-bond acceptors (Lipinski definition) is 2. The van der Waals surface area contributed by atoms with E-state index in [-0.39, 0.29) is 11.5 Å². The van der Waals surface area contributed by atoms with Gasteiger partial charge in [-0.1, -0.05) is 32.0 Å². The predicted octanol–water partition coefficient (Wildman–Crippen LogP) is 2.03. The minimum absolute atomic E-state index is 0.0859. The van der Waals surface area contributed by atoms with Gasteiger partial charge >= 0.3 is 0 Å². The zero-order valence-electron chi connectivity index (χ0n) is 12.1. The van der Waals surface area contributed by atoms with E-state index in [2.05, 4.69) is 29.5 Å². The van der Waals surface area contributed by atoms with Crippen molar-refractivity contribution < 1.29 is 4.74 Å². The molecule has 104 valence electrons. The Hall–Kier alpha value is -1.71. The molecule has 4 heteroatoms. The van der Waals surface area contributed by atoms with Gasteiger partial charge in [-0.2, -0.15) is 0 Å². The molecule has 1 aromatic carbocycles. The molecular weight excluding hydrogens is 238 g/mol. The summed E-state index contributed by atoms with van der Waals surface area (Å²) in [4.78, 5) is 4.16. The standard InChI is InChI=1S/C15H23N3O/c1-15(2)12(18-14(16-3)17-4)10-13(15)19-11-8-6-5-7-9-11/h5-9,12-13H,10H2,1-4H3,(H2,16,17,18)/t12-,13+/m0/s1. The van der Waals surface area contributed by atoms with Crippen LogP contribution in [0.3, 0.4) is 0 Å². The summed E-state index contributed by atoms with van der Waals surface area (Å²) in [5.74, 6) is 1.77. The van der Waals surface area contributed by atoms with Crippen molar-refractivity contribution in [2.75, 3.05) is 14.1 Å². The SMILES string of the molecule is CN=C(NC)N[C@H]1C[C@@H](Oc2ccccc2)C1(C)C. The molecule has 0 spiro atoms. The van der Waals surface area contributed by atoms with Crippen molar-refractivity contribution in [1.29, 1.82) is 0 Å². The number of nitrogens with one attached hydrogen (secondary N) is 2. The number of guanidine groups is 1. The van der Waals surface area contributed by atoms with Gasteiger partial charge in [-0.3, -0.25) is 4.99 Å². The van der Waals surface area contributed by atoms with Gasteiger partial charge < -0.3 is 15.4 Å². The van der Waals surface area contributed by atoms with Crippen LogP contribution in [0.5, 0.6) is 5.75 Å². The summed E-state index contributed by atoms with van der Waals surface area (Å²) in [7, 11) is 3.65. The van der Waals surface area contributed by atoms with Gasteiger partial charge in [-0.25, -0.2) is 0 Å². The molecule has 0 saturated heterocycles. The van der Waals surface area contributed by atoms with E-state index >= 15 is 0 Å². The van der Waals surface area contributed by atoms with Crippen molar-refractivity contribution in [1.82, 2.24) is 10.6 Å². The normalized spacial score (nSPS) is 25.4. The molecule has 0 amide bonds. The highest BCUT2D eigenvalue weighted by atomic mass is 16.5. The zero-order valence-corrected chi connectivity index (χ0v) is 12.1. The van der Waals surface area contributed by atoms with Crippen LogP contribution in [0.15, 0.2) is 35.3 Å². The maximum absolute atomic E-state index is 6.04. The van der Waals surface area contributed by atoms with Gasteiger partial charge in [0.1, 0.15) is 11.9 Å². The van der Waals surface area contributed by atoms with E-state index in [1.165, 1.54) is 0 Å². The van der Waals surface area contributed by atoms with Gasteiger partial charge in [0.2, 0.25) is 0 Å². The van der Waals surface area contributed by atoms with Gasteiger partial charge in [0.25, 0.3) is 0 Å². The third kappa shape index (κ3) is 2.83. The monoisotopic (exact) mass is 261 g/mol. The van der Waals surface area contributed by atoms with Gasteiger partial charge in [0, 0.05) is 32.0 Å². The van der Waals surface area contributed by atoms with Crippen LogP contribution in [0.1, 0.15) is 20.3 Å². The molecular formula is C15H23N3O. The summed E-state index contributed by atoms with van der Waals surface area (Å²) >= 11 is 0. The number of para-hydroxylation sites is 1. The Morgan fingerprint density at radius 3 is 2.53 bits per heavy atom. The van der Waals surface area contributed by atoms with Crippen molar-refractivity contribution in [2.24, 2.45) is 10.4 Å². The van der Waals surface area contributed by atoms with Gasteiger partial charge in [-0.05, 0) is 12.1 Å². The van der Waals surface area contributed by atoms with Crippen LogP contribution in [0.25, 0.3) is 0 Å². The molecule has 0 bridgehead atoms. The zero-order chi connectivity index (χ0) is 13.9. The van der Waals surface area contributed by atoms with E-state index in [4.69, 9.17) is 4.74 Å². The molecule has 1 saturated carbocycles. The van der Waals surface area contributed by atoms with E-state index in [0.717, 1.165) is 18.1 Å². The highest BCUT2D eigenvalue weighted by Crippen LogP contribution is 2.42. The topological polar surface area (TPSA) is 45.7 Å². The van der Waals surface area contributed by atoms with Crippen LogP contribution < -0.4 is 15.4 Å². The number of rotatable bonds is 3. The number of hydrogen-bond donors (Lipinski definition) is 2. The lowest BCUT2D eigenvalue weighted by Crippen LogP contribution is -2.64. The molecule has 1 aromatic rings. The van der Waals surface area contributed by atoms with E-state index in [0.29, 0.717) is 6.04 Å². The summed E-state index contributed by atoms with van der Waals surface area (Å²) in [6.45, 7) is 4.45. The highest BCUT2D eigenvalue weighted by Gasteiger charge is 2.50. The van der Waals surface area contributed by atoms with Gasteiger partial charge in [0.15, 0.2) is 5.96 Å². The average molecular weight is 261 g/mol. The number of benzene rings is 1. The third-order valence-electron chi connectivity index (χ3n) is 3.97. The lowest BCUT2D eigenvalue weighted by molar-refractivity contribution is -0.0481. The fourth-order valence-electron chi connectivity index (χ4n) is 2.41. The molecule has 2 atom stereocenters. The predicted molar refractivity (Wildman–Crippen MR) is 78.6 cm³/mol. The molecule has 0 radical (unpaired) electrons. The Bertz CT molecular complexity index is 442. The first-order valence-electron chi connectivity index (χ1n) is 6.70. The van der Waals surface area contributed by atoms with Crippen LogP contribution in [-0.4, -0.2) is 32.2 Å². The second kappa shape index (κ2) is 5.51. The summed E-state index contributed by atoms with van der Waals surface area (Å²) in [6.07, 6.45) is 1.23. The van der Waals surface area contributed by atoms with Crippen molar-refractivity contribution >= 4 is 5.96 Å². The maximum Gasteiger partial charge on any atom is 0.190 e. The van der Waals surface area contributed by atoms with E-state index < -0.39 is 0 Å². The van der Waals surface area contributed by atoms with Gasteiger partial charge in [0.05, 0.1) is 0 Å². The highest BCUT2D eigenvalue weighted by molar-refractivity contribution is 5.79. The maximum atomic E-state index is 6.04. The second-order valence-corrected chi connectivity index (χ2v) is 5.50. The fourth-order valence-corrected chi connectivity index (χ4v) is 2.41. The quantitative estimate of drug-likeness (QED) is 0.646. The first kappa shape index (κ1) is 13.7. The van der Waals surface area contributed by atoms with Gasteiger partial charge in [-0.15, -0.1) is 0 Å². The Morgan fingerprint density at radius 2 is 2.00 bits per heavy atom. The molecule has 0 heterocycles. The molecule has 0 aromatic heterocycles. The van der Waals surface area contributed by atoms with Crippen molar-refractivity contribution in [3.05, 3.63) is 30.3 Å². The molecule has 4 nitrogen and oxygen atoms in total. The summed E-state index contributed by atoms with van der Waals surface area (Å²) in [5.41, 5.74) is 0.0859. The van der Waals surface area contributed by atoms with Crippen LogP contribution >= 0.6 is 0 Å². The molecule has 1 aliphatic rings.